The fraction of sp³-hybridized carbons (Fsp3) is 0.320. The molecule has 0 atom stereocenters. The lowest BCUT2D eigenvalue weighted by Gasteiger charge is -2.13. The zero-order valence-corrected chi connectivity index (χ0v) is 19.7. The van der Waals surface area contributed by atoms with E-state index in [1.165, 1.54) is 4.90 Å². The molecule has 0 bridgehead atoms. The van der Waals surface area contributed by atoms with Gasteiger partial charge in [-0.25, -0.2) is 0 Å². The van der Waals surface area contributed by atoms with Crippen LogP contribution >= 0.6 is 11.8 Å². The molecule has 0 aliphatic carbocycles. The van der Waals surface area contributed by atoms with E-state index >= 15 is 0 Å². The summed E-state index contributed by atoms with van der Waals surface area (Å²) < 4.78 is 0. The third-order valence-corrected chi connectivity index (χ3v) is 6.63. The van der Waals surface area contributed by atoms with Gasteiger partial charge in [0.25, 0.3) is 11.1 Å². The minimum Gasteiger partial charge on any atom is -0.350 e. The van der Waals surface area contributed by atoms with Crippen molar-refractivity contribution in [3.63, 3.8) is 0 Å². The summed E-state index contributed by atoms with van der Waals surface area (Å²) in [4.78, 5) is 43.6. The second-order valence-corrected chi connectivity index (χ2v) is 9.36. The van der Waals surface area contributed by atoms with E-state index in [1.807, 2.05) is 56.6 Å². The minimum atomic E-state index is -0.174. The molecule has 4 rings (SSSR count). The number of likely N-dealkylation sites (N-methyl/N-ethyl adjacent to an activating group) is 1. The first-order valence-corrected chi connectivity index (χ1v) is 12.0. The topological polar surface area (TPSA) is 85.5 Å². The van der Waals surface area contributed by atoms with Crippen LogP contribution in [0.15, 0.2) is 48.5 Å². The third-order valence-electron chi connectivity index (χ3n) is 5.77. The maximum atomic E-state index is 13.1. The lowest BCUT2D eigenvalue weighted by Crippen LogP contribution is -2.30. The summed E-state index contributed by atoms with van der Waals surface area (Å²) in [7, 11) is 4.02. The first kappa shape index (κ1) is 23.1. The molecule has 1 aliphatic heterocycles. The van der Waals surface area contributed by atoms with E-state index in [2.05, 4.69) is 21.3 Å². The van der Waals surface area contributed by atoms with Gasteiger partial charge in [0.2, 0.25) is 5.91 Å². The maximum Gasteiger partial charge on any atom is 0.288 e. The van der Waals surface area contributed by atoms with Gasteiger partial charge in [-0.15, -0.1) is 0 Å². The number of fused-ring (bicyclic) bond motifs is 1. The predicted molar refractivity (Wildman–Crippen MR) is 131 cm³/mol. The molecule has 0 saturated carbocycles. The lowest BCUT2D eigenvalue weighted by molar-refractivity contribution is -0.124. The number of H-pyrrole nitrogens is 1. The molecular formula is C25H28N4O3S. The van der Waals surface area contributed by atoms with Crippen molar-refractivity contribution in [3.8, 4) is 0 Å². The molecule has 0 radical (unpaired) electrons. The zero-order valence-electron chi connectivity index (χ0n) is 18.9. The Morgan fingerprint density at radius 1 is 1.09 bits per heavy atom. The molecule has 2 aromatic carbocycles. The van der Waals surface area contributed by atoms with Crippen LogP contribution < -0.4 is 5.32 Å². The zero-order chi connectivity index (χ0) is 23.4. The number of nitrogens with zero attached hydrogens (tertiary/aromatic N) is 2. The van der Waals surface area contributed by atoms with Gasteiger partial charge >= 0.3 is 0 Å². The Morgan fingerprint density at radius 2 is 1.88 bits per heavy atom. The average molecular weight is 465 g/mol. The molecule has 8 heteroatoms. The summed E-state index contributed by atoms with van der Waals surface area (Å²) in [6.07, 6.45) is 1.31. The number of rotatable bonds is 9. The van der Waals surface area contributed by atoms with Gasteiger partial charge in [-0.1, -0.05) is 48.2 Å². The van der Waals surface area contributed by atoms with Crippen LogP contribution in [0.5, 0.6) is 0 Å². The number of benzene rings is 2. The fourth-order valence-electron chi connectivity index (χ4n) is 3.94. The van der Waals surface area contributed by atoms with Crippen LogP contribution in [0, 0.1) is 0 Å². The van der Waals surface area contributed by atoms with Gasteiger partial charge in [0, 0.05) is 30.5 Å². The molecule has 1 saturated heterocycles. The van der Waals surface area contributed by atoms with E-state index in [0.717, 1.165) is 52.3 Å². The SMILES string of the molecule is CN(C)CCc1c(C(=O)NCc2ccccc2)[nH]c2ccc(CCN3C(=O)CSC3=O)cc12. The number of aromatic amines is 1. The van der Waals surface area contributed by atoms with Crippen LogP contribution in [0.1, 0.15) is 27.2 Å². The molecule has 1 fully saturated rings. The number of hydrogen-bond acceptors (Lipinski definition) is 5. The average Bonchev–Trinajstić information content (AvgIpc) is 3.34. The van der Waals surface area contributed by atoms with Crippen molar-refractivity contribution in [2.75, 3.05) is 32.9 Å². The first-order chi connectivity index (χ1) is 15.9. The van der Waals surface area contributed by atoms with Crippen LogP contribution in [0.4, 0.5) is 4.79 Å². The number of imide groups is 1. The second-order valence-electron chi connectivity index (χ2n) is 8.43. The number of carbonyl (C=O) groups is 3. The van der Waals surface area contributed by atoms with Crippen molar-refractivity contribution in [2.45, 2.75) is 19.4 Å². The summed E-state index contributed by atoms with van der Waals surface area (Å²) >= 11 is 1.06. The number of amides is 3. The van der Waals surface area contributed by atoms with Crippen molar-refractivity contribution in [3.05, 3.63) is 70.9 Å². The quantitative estimate of drug-likeness (QED) is 0.507. The monoisotopic (exact) mass is 464 g/mol. The molecule has 33 heavy (non-hydrogen) atoms. The van der Waals surface area contributed by atoms with Gasteiger partial charge in [-0.2, -0.15) is 0 Å². The highest BCUT2D eigenvalue weighted by Gasteiger charge is 2.29. The Balaban J connectivity index is 1.56. The molecule has 0 unspecified atom stereocenters. The van der Waals surface area contributed by atoms with Gasteiger partial charge in [0.05, 0.1) is 5.75 Å². The van der Waals surface area contributed by atoms with Crippen molar-refractivity contribution in [1.82, 2.24) is 20.1 Å². The lowest BCUT2D eigenvalue weighted by atomic mass is 10.0. The summed E-state index contributed by atoms with van der Waals surface area (Å²) in [5.41, 5.74) is 4.54. The molecular weight excluding hydrogens is 436 g/mol. The molecule has 0 spiro atoms. The van der Waals surface area contributed by atoms with Crippen molar-refractivity contribution < 1.29 is 14.4 Å². The predicted octanol–water partition coefficient (Wildman–Crippen LogP) is 3.44. The Bertz CT molecular complexity index is 1160. The Labute approximate surface area is 197 Å². The van der Waals surface area contributed by atoms with Crippen LogP contribution in [0.2, 0.25) is 0 Å². The highest BCUT2D eigenvalue weighted by Crippen LogP contribution is 2.26. The smallest absolute Gasteiger partial charge is 0.288 e. The molecule has 7 nitrogen and oxygen atoms in total. The van der Waals surface area contributed by atoms with E-state index in [-0.39, 0.29) is 22.8 Å². The van der Waals surface area contributed by atoms with Crippen molar-refractivity contribution in [1.29, 1.82) is 0 Å². The fourth-order valence-corrected chi connectivity index (χ4v) is 4.70. The maximum absolute atomic E-state index is 13.1. The van der Waals surface area contributed by atoms with Crippen molar-refractivity contribution in [2.24, 2.45) is 0 Å². The van der Waals surface area contributed by atoms with E-state index < -0.39 is 0 Å². The molecule has 2 heterocycles. The first-order valence-electron chi connectivity index (χ1n) is 11.0. The summed E-state index contributed by atoms with van der Waals surface area (Å²) in [5.74, 6) is -0.0290. The van der Waals surface area contributed by atoms with Crippen molar-refractivity contribution >= 4 is 39.7 Å². The van der Waals surface area contributed by atoms with Crippen LogP contribution in [0.3, 0.4) is 0 Å². The molecule has 172 valence electrons. The largest absolute Gasteiger partial charge is 0.350 e. The number of carbonyl (C=O) groups excluding carboxylic acids is 3. The Kier molecular flexibility index (Phi) is 7.15. The second kappa shape index (κ2) is 10.2. The summed E-state index contributed by atoms with van der Waals surface area (Å²) in [5, 5.41) is 3.86. The molecule has 1 aliphatic rings. The number of hydrogen-bond donors (Lipinski definition) is 2. The van der Waals surface area contributed by atoms with Gasteiger partial charge in [-0.3, -0.25) is 19.3 Å². The number of nitrogens with one attached hydrogen (secondary N) is 2. The van der Waals surface area contributed by atoms with E-state index in [1.54, 1.807) is 0 Å². The molecule has 3 aromatic rings. The highest BCUT2D eigenvalue weighted by molar-refractivity contribution is 8.14. The van der Waals surface area contributed by atoms with E-state index in [0.29, 0.717) is 25.2 Å². The molecule has 1 aromatic heterocycles. The van der Waals surface area contributed by atoms with Crippen LogP contribution in [-0.4, -0.2) is 64.8 Å². The van der Waals surface area contributed by atoms with Gasteiger partial charge in [0.15, 0.2) is 0 Å². The number of aromatic nitrogens is 1. The molecule has 2 N–H and O–H groups in total. The third kappa shape index (κ3) is 5.46. The van der Waals surface area contributed by atoms with Gasteiger partial charge < -0.3 is 15.2 Å². The summed E-state index contributed by atoms with van der Waals surface area (Å²) in [6.45, 7) is 1.64. The van der Waals surface area contributed by atoms with Gasteiger partial charge in [0.1, 0.15) is 5.69 Å². The van der Waals surface area contributed by atoms with E-state index in [9.17, 15) is 14.4 Å². The Hall–Kier alpha value is -3.10. The molecule has 3 amide bonds. The van der Waals surface area contributed by atoms with Gasteiger partial charge in [-0.05, 0) is 55.8 Å². The summed E-state index contributed by atoms with van der Waals surface area (Å²) in [6, 6.07) is 15.9. The minimum absolute atomic E-state index is 0.128. The van der Waals surface area contributed by atoms with E-state index in [4.69, 9.17) is 0 Å². The number of thioether (sulfide) groups is 1. The standard InChI is InChI=1S/C25H28N4O3S/c1-28(2)12-11-19-20-14-17(10-13-29-22(30)16-33-25(29)32)8-9-21(20)27-23(19)24(31)26-15-18-6-4-3-5-7-18/h3-9,14,27H,10-13,15-16H2,1-2H3,(H,26,31). The normalized spacial score (nSPS) is 14.0. The Morgan fingerprint density at radius 3 is 2.58 bits per heavy atom. The van der Waals surface area contributed by atoms with Crippen LogP contribution in [0.25, 0.3) is 10.9 Å². The highest BCUT2D eigenvalue weighted by atomic mass is 32.2. The van der Waals surface area contributed by atoms with Crippen LogP contribution in [-0.2, 0) is 24.2 Å².